The van der Waals surface area contributed by atoms with E-state index in [2.05, 4.69) is 15.5 Å². The molecule has 0 saturated carbocycles. The van der Waals surface area contributed by atoms with Crippen LogP contribution in [0.25, 0.3) is 0 Å². The average Bonchev–Trinajstić information content (AvgIpc) is 3.74. The lowest BCUT2D eigenvalue weighted by Crippen LogP contribution is -2.57. The lowest BCUT2D eigenvalue weighted by atomic mass is 9.96. The van der Waals surface area contributed by atoms with Crippen molar-refractivity contribution >= 4 is 40.7 Å². The normalized spacial score (nSPS) is 20.8. The number of hydrogen-bond acceptors (Lipinski definition) is 6. The number of halogens is 6. The fraction of sp³-hybridized carbons (Fsp3) is 0.606. The minimum absolute atomic E-state index is 0.141. The van der Waals surface area contributed by atoms with Crippen molar-refractivity contribution in [3.63, 3.8) is 0 Å². The number of urea groups is 2. The summed E-state index contributed by atoms with van der Waals surface area (Å²) in [5, 5.41) is 9.47. The summed E-state index contributed by atoms with van der Waals surface area (Å²) in [5.41, 5.74) is 2.03. The summed E-state index contributed by atoms with van der Waals surface area (Å²) in [4.78, 5) is 47.6. The molecule has 3 saturated heterocycles. The second-order valence-electron chi connectivity index (χ2n) is 13.5. The van der Waals surface area contributed by atoms with Crippen molar-refractivity contribution in [1.82, 2.24) is 24.9 Å². The van der Waals surface area contributed by atoms with E-state index in [1.807, 2.05) is 10.8 Å². The van der Waals surface area contributed by atoms with Gasteiger partial charge in [-0.3, -0.25) is 4.79 Å². The topological polar surface area (TPSA) is 114 Å². The van der Waals surface area contributed by atoms with Crippen LogP contribution in [-0.2, 0) is 30.0 Å². The molecule has 50 heavy (non-hydrogen) atoms. The summed E-state index contributed by atoms with van der Waals surface area (Å²) in [7, 11) is 0. The Morgan fingerprint density at radius 1 is 0.860 bits per heavy atom. The van der Waals surface area contributed by atoms with Gasteiger partial charge in [-0.2, -0.15) is 26.3 Å². The van der Waals surface area contributed by atoms with Gasteiger partial charge < -0.3 is 36.0 Å². The minimum atomic E-state index is -5.18. The summed E-state index contributed by atoms with van der Waals surface area (Å²) < 4.78 is 83.0. The number of thiophene rings is 1. The maximum atomic E-state index is 13.9. The van der Waals surface area contributed by atoms with Crippen molar-refractivity contribution in [2.75, 3.05) is 56.9 Å². The summed E-state index contributed by atoms with van der Waals surface area (Å²) in [6.07, 6.45) is -5.80. The van der Waals surface area contributed by atoms with Crippen LogP contribution in [0.2, 0.25) is 0 Å². The molecule has 4 aliphatic rings. The molecule has 4 aliphatic heterocycles. The fourth-order valence-electron chi connectivity index (χ4n) is 7.64. The molecule has 0 radical (unpaired) electrons. The number of nitrogens with zero attached hydrogens (tertiary/aromatic N) is 4. The van der Waals surface area contributed by atoms with E-state index in [-0.39, 0.29) is 31.2 Å². The molecule has 274 valence electrons. The summed E-state index contributed by atoms with van der Waals surface area (Å²) in [6, 6.07) is -1.11. The van der Waals surface area contributed by atoms with Gasteiger partial charge in [0, 0.05) is 56.6 Å². The third kappa shape index (κ3) is 7.92. The number of benzene rings is 1. The lowest BCUT2D eigenvalue weighted by Gasteiger charge is -2.39. The highest BCUT2D eigenvalue weighted by atomic mass is 32.1. The van der Waals surface area contributed by atoms with Crippen molar-refractivity contribution in [3.8, 4) is 0 Å². The largest absolute Gasteiger partial charge is 0.418 e. The van der Waals surface area contributed by atoms with E-state index in [1.165, 1.54) is 21.1 Å². The first kappa shape index (κ1) is 36.1. The van der Waals surface area contributed by atoms with Gasteiger partial charge in [-0.15, -0.1) is 11.3 Å². The first-order chi connectivity index (χ1) is 23.7. The van der Waals surface area contributed by atoms with Crippen LogP contribution in [0, 0.1) is 0 Å². The van der Waals surface area contributed by atoms with E-state index in [1.54, 1.807) is 4.90 Å². The fourth-order valence-corrected chi connectivity index (χ4v) is 8.46. The molecule has 1 atom stereocenters. The number of carbonyl (C=O) groups is 3. The highest BCUT2D eigenvalue weighted by Crippen LogP contribution is 2.42. The van der Waals surface area contributed by atoms with E-state index in [4.69, 9.17) is 5.73 Å². The Hall–Kier alpha value is -3.73. The molecule has 3 fully saturated rings. The van der Waals surface area contributed by atoms with Gasteiger partial charge >= 0.3 is 24.4 Å². The van der Waals surface area contributed by atoms with Crippen molar-refractivity contribution in [1.29, 1.82) is 0 Å². The predicted octanol–water partition coefficient (Wildman–Crippen LogP) is 5.63. The highest BCUT2D eigenvalue weighted by molar-refractivity contribution is 7.08. The number of amides is 5. The Balaban J connectivity index is 1.17. The molecule has 5 heterocycles. The molecule has 2 aromatic rings. The number of likely N-dealkylation sites (tertiary alicyclic amines) is 3. The Morgan fingerprint density at radius 3 is 2.04 bits per heavy atom. The molecule has 6 rings (SSSR count). The van der Waals surface area contributed by atoms with Gasteiger partial charge in [0.2, 0.25) is 5.91 Å². The van der Waals surface area contributed by atoms with Crippen LogP contribution in [0.1, 0.15) is 60.8 Å². The summed E-state index contributed by atoms with van der Waals surface area (Å²) in [6.45, 7) is 3.65. The zero-order chi connectivity index (χ0) is 35.8. The third-order valence-electron chi connectivity index (χ3n) is 10.4. The standard InChI is InChI=1S/C33H41F6N7O3S/c34-32(35,36)24-15-20(16-25(28(24)40)33(37,38)39)17-26(29(47)44-10-4-22(5-11-44)43-8-1-2-9-43)41-30(48)45-12-6-23(7-13-45)46-14-3-21-18-50-19-27(21)42-31(46)49/h15-16,18-19,22-23,26H,1-14,17,40H2,(H,41,48)(H,42,49)/t26-/m1/s1. The number of nitrogens with one attached hydrogen (secondary N) is 2. The number of nitrogen functional groups attached to an aromatic ring is 1. The van der Waals surface area contributed by atoms with Gasteiger partial charge in [0.15, 0.2) is 0 Å². The molecule has 5 amide bonds. The SMILES string of the molecule is Nc1c(C(F)(F)F)cc(C[C@@H](NC(=O)N2CCC(N3CCc4cscc4NC3=O)CC2)C(=O)N2CCC(N3CCCC3)CC2)cc1C(F)(F)F. The maximum absolute atomic E-state index is 13.9. The third-order valence-corrected chi connectivity index (χ3v) is 11.2. The first-order valence-corrected chi connectivity index (χ1v) is 17.9. The lowest BCUT2D eigenvalue weighted by molar-refractivity contribution is -0.141. The number of piperidine rings is 2. The van der Waals surface area contributed by atoms with Crippen LogP contribution in [0.15, 0.2) is 22.9 Å². The van der Waals surface area contributed by atoms with Crippen LogP contribution < -0.4 is 16.4 Å². The number of nitrogens with two attached hydrogens (primary N) is 1. The predicted molar refractivity (Wildman–Crippen MR) is 176 cm³/mol. The van der Waals surface area contributed by atoms with E-state index in [0.29, 0.717) is 63.9 Å². The van der Waals surface area contributed by atoms with Gasteiger partial charge in [0.05, 0.1) is 22.5 Å². The zero-order valence-electron chi connectivity index (χ0n) is 27.4. The highest BCUT2D eigenvalue weighted by Gasteiger charge is 2.42. The molecular weight excluding hydrogens is 688 g/mol. The number of carbonyl (C=O) groups excluding carboxylic acids is 3. The Morgan fingerprint density at radius 2 is 1.44 bits per heavy atom. The van der Waals surface area contributed by atoms with Gasteiger partial charge in [-0.25, -0.2) is 9.59 Å². The number of alkyl halides is 6. The number of hydrogen-bond donors (Lipinski definition) is 3. The maximum Gasteiger partial charge on any atom is 0.418 e. The summed E-state index contributed by atoms with van der Waals surface area (Å²) in [5.74, 6) is -0.569. The van der Waals surface area contributed by atoms with E-state index >= 15 is 0 Å². The van der Waals surface area contributed by atoms with Crippen molar-refractivity contribution in [2.24, 2.45) is 0 Å². The molecule has 1 aromatic carbocycles. The number of rotatable bonds is 6. The molecule has 0 unspecified atom stereocenters. The molecule has 10 nitrogen and oxygen atoms in total. The van der Waals surface area contributed by atoms with Gasteiger partial charge in [0.1, 0.15) is 6.04 Å². The molecule has 0 spiro atoms. The first-order valence-electron chi connectivity index (χ1n) is 17.0. The van der Waals surface area contributed by atoms with E-state index < -0.39 is 59.1 Å². The van der Waals surface area contributed by atoms with Crippen LogP contribution in [0.3, 0.4) is 0 Å². The Bertz CT molecular complexity index is 1530. The monoisotopic (exact) mass is 729 g/mol. The molecule has 0 bridgehead atoms. The van der Waals surface area contributed by atoms with Crippen LogP contribution >= 0.6 is 11.3 Å². The number of fused-ring (bicyclic) bond motifs is 1. The second kappa shape index (κ2) is 14.5. The zero-order valence-corrected chi connectivity index (χ0v) is 28.2. The van der Waals surface area contributed by atoms with Crippen LogP contribution in [-0.4, -0.2) is 102 Å². The Kier molecular flexibility index (Phi) is 10.4. The van der Waals surface area contributed by atoms with Crippen LogP contribution in [0.4, 0.5) is 47.3 Å². The molecule has 1 aromatic heterocycles. The van der Waals surface area contributed by atoms with E-state index in [9.17, 15) is 40.7 Å². The van der Waals surface area contributed by atoms with Gasteiger partial charge in [0.25, 0.3) is 0 Å². The van der Waals surface area contributed by atoms with Gasteiger partial charge in [-0.1, -0.05) is 0 Å². The average molecular weight is 730 g/mol. The molecule has 4 N–H and O–H groups in total. The molecule has 17 heteroatoms. The van der Waals surface area contributed by atoms with Crippen molar-refractivity contribution in [3.05, 3.63) is 45.1 Å². The van der Waals surface area contributed by atoms with Crippen LogP contribution in [0.5, 0.6) is 0 Å². The number of anilines is 2. The second-order valence-corrected chi connectivity index (χ2v) is 14.3. The Labute approximate surface area is 289 Å². The molecule has 0 aliphatic carbocycles. The molecular formula is C33H41F6N7O3S. The van der Waals surface area contributed by atoms with Gasteiger partial charge in [-0.05, 0) is 86.7 Å². The quantitative estimate of drug-likeness (QED) is 0.264. The van der Waals surface area contributed by atoms with Crippen molar-refractivity contribution < 1.29 is 40.7 Å². The van der Waals surface area contributed by atoms with Crippen molar-refractivity contribution in [2.45, 2.75) is 81.8 Å². The van der Waals surface area contributed by atoms with E-state index in [0.717, 1.165) is 37.2 Å². The smallest absolute Gasteiger partial charge is 0.398 e. The summed E-state index contributed by atoms with van der Waals surface area (Å²) >= 11 is 1.51. The minimum Gasteiger partial charge on any atom is -0.398 e.